The van der Waals surface area contributed by atoms with E-state index in [-0.39, 0.29) is 12.5 Å². The van der Waals surface area contributed by atoms with Crippen molar-refractivity contribution in [3.63, 3.8) is 0 Å². The number of nitrogens with one attached hydrogen (secondary N) is 1. The van der Waals surface area contributed by atoms with E-state index in [2.05, 4.69) is 22.3 Å². The van der Waals surface area contributed by atoms with Gasteiger partial charge in [-0.15, -0.1) is 0 Å². The number of anilines is 2. The number of ether oxygens (including phenoxy) is 1. The van der Waals surface area contributed by atoms with Crippen LogP contribution in [0.2, 0.25) is 5.02 Å². The summed E-state index contributed by atoms with van der Waals surface area (Å²) < 4.78 is 5.72. The molecule has 29 heavy (non-hydrogen) atoms. The number of amides is 1. The Balaban J connectivity index is 1.34. The minimum atomic E-state index is -0.177. The summed E-state index contributed by atoms with van der Waals surface area (Å²) in [6.45, 7) is 1.92. The summed E-state index contributed by atoms with van der Waals surface area (Å²) >= 11 is 6.42. The highest BCUT2D eigenvalue weighted by atomic mass is 35.5. The molecule has 154 valence electrons. The number of carbonyl (C=O) groups excluding carboxylic acids is 1. The van der Waals surface area contributed by atoms with Crippen LogP contribution in [0.4, 0.5) is 11.4 Å². The first kappa shape index (κ1) is 20.1. The van der Waals surface area contributed by atoms with Gasteiger partial charge in [-0.25, -0.2) is 0 Å². The Labute approximate surface area is 178 Å². The molecule has 1 aliphatic carbocycles. The average molecular weight is 413 g/mol. The average Bonchev–Trinajstić information content (AvgIpc) is 3.28. The predicted octanol–water partition coefficient (Wildman–Crippen LogP) is 6.01. The van der Waals surface area contributed by atoms with Crippen LogP contribution in [0.3, 0.4) is 0 Å². The van der Waals surface area contributed by atoms with E-state index in [0.29, 0.717) is 10.9 Å². The Bertz CT molecular complexity index is 825. The number of halogens is 1. The molecule has 0 atom stereocenters. The molecule has 1 N–H and O–H groups in total. The molecule has 0 bridgehead atoms. The van der Waals surface area contributed by atoms with E-state index in [4.69, 9.17) is 16.3 Å². The summed E-state index contributed by atoms with van der Waals surface area (Å²) in [4.78, 5) is 14.7. The van der Waals surface area contributed by atoms with Crippen molar-refractivity contribution in [2.45, 2.75) is 50.9 Å². The van der Waals surface area contributed by atoms with Crippen molar-refractivity contribution >= 4 is 28.9 Å². The van der Waals surface area contributed by atoms with E-state index in [1.165, 1.54) is 37.7 Å². The molecule has 0 unspecified atom stereocenters. The number of rotatable bonds is 6. The lowest BCUT2D eigenvalue weighted by molar-refractivity contribution is -0.118. The van der Waals surface area contributed by atoms with E-state index in [1.807, 2.05) is 30.3 Å². The number of para-hydroxylation sites is 1. The van der Waals surface area contributed by atoms with Crippen LogP contribution in [0.1, 0.15) is 56.4 Å². The molecule has 1 amide bonds. The summed E-state index contributed by atoms with van der Waals surface area (Å²) in [6.07, 6.45) is 8.87. The predicted molar refractivity (Wildman–Crippen MR) is 119 cm³/mol. The maximum atomic E-state index is 12.5. The van der Waals surface area contributed by atoms with Gasteiger partial charge >= 0.3 is 0 Å². The number of hydrogen-bond acceptors (Lipinski definition) is 3. The fourth-order valence-electron chi connectivity index (χ4n) is 4.49. The Morgan fingerprint density at radius 1 is 1.00 bits per heavy atom. The normalized spacial score (nSPS) is 17.3. The molecule has 1 heterocycles. The van der Waals surface area contributed by atoms with Crippen LogP contribution < -0.4 is 15.0 Å². The molecule has 2 fully saturated rings. The zero-order valence-electron chi connectivity index (χ0n) is 16.8. The molecule has 5 heteroatoms. The van der Waals surface area contributed by atoms with E-state index < -0.39 is 0 Å². The minimum Gasteiger partial charge on any atom is -0.484 e. The molecule has 2 aliphatic rings. The van der Waals surface area contributed by atoms with E-state index in [1.54, 1.807) is 0 Å². The van der Waals surface area contributed by atoms with E-state index >= 15 is 0 Å². The molecule has 1 saturated heterocycles. The van der Waals surface area contributed by atoms with Gasteiger partial charge in [0, 0.05) is 13.1 Å². The largest absolute Gasteiger partial charge is 0.484 e. The molecule has 1 saturated carbocycles. The van der Waals surface area contributed by atoms with Gasteiger partial charge in [-0.2, -0.15) is 0 Å². The smallest absolute Gasteiger partial charge is 0.262 e. The summed E-state index contributed by atoms with van der Waals surface area (Å²) in [5, 5.41) is 3.64. The van der Waals surface area contributed by atoms with Crippen molar-refractivity contribution in [3.8, 4) is 5.75 Å². The van der Waals surface area contributed by atoms with Gasteiger partial charge in [0.05, 0.1) is 16.4 Å². The fraction of sp³-hybridized carbons (Fsp3) is 0.458. The third-order valence-electron chi connectivity index (χ3n) is 6.01. The zero-order chi connectivity index (χ0) is 20.1. The van der Waals surface area contributed by atoms with Crippen LogP contribution in [0, 0.1) is 0 Å². The lowest BCUT2D eigenvalue weighted by atomic mass is 9.84. The fourth-order valence-corrected chi connectivity index (χ4v) is 4.78. The van der Waals surface area contributed by atoms with Crippen molar-refractivity contribution in [2.75, 3.05) is 29.9 Å². The summed E-state index contributed by atoms with van der Waals surface area (Å²) in [6, 6.07) is 13.9. The molecule has 4 nitrogen and oxygen atoms in total. The lowest BCUT2D eigenvalue weighted by Crippen LogP contribution is -2.24. The molecule has 0 spiro atoms. The monoisotopic (exact) mass is 412 g/mol. The van der Waals surface area contributed by atoms with Crippen molar-refractivity contribution in [1.29, 1.82) is 0 Å². The topological polar surface area (TPSA) is 41.6 Å². The van der Waals surface area contributed by atoms with Gasteiger partial charge in [0.1, 0.15) is 5.75 Å². The molecule has 0 aromatic heterocycles. The molecule has 1 aliphatic heterocycles. The second-order valence-corrected chi connectivity index (χ2v) is 8.48. The third-order valence-corrected chi connectivity index (χ3v) is 6.31. The van der Waals surface area contributed by atoms with Gasteiger partial charge in [0.25, 0.3) is 5.91 Å². The van der Waals surface area contributed by atoms with Crippen molar-refractivity contribution in [1.82, 2.24) is 0 Å². The Hall–Kier alpha value is -2.20. The van der Waals surface area contributed by atoms with Crippen molar-refractivity contribution in [3.05, 3.63) is 53.1 Å². The molecule has 0 radical (unpaired) electrons. The van der Waals surface area contributed by atoms with Gasteiger partial charge in [-0.3, -0.25) is 4.79 Å². The molecule has 2 aromatic carbocycles. The van der Waals surface area contributed by atoms with Gasteiger partial charge in [0.2, 0.25) is 0 Å². The van der Waals surface area contributed by atoms with Crippen molar-refractivity contribution < 1.29 is 9.53 Å². The van der Waals surface area contributed by atoms with Gasteiger partial charge < -0.3 is 15.0 Å². The summed E-state index contributed by atoms with van der Waals surface area (Å²) in [5.41, 5.74) is 3.05. The van der Waals surface area contributed by atoms with Crippen LogP contribution in [0.25, 0.3) is 0 Å². The third kappa shape index (κ3) is 5.05. The highest BCUT2D eigenvalue weighted by Gasteiger charge is 2.20. The number of carbonyl (C=O) groups is 1. The van der Waals surface area contributed by atoms with Gasteiger partial charge in [-0.1, -0.05) is 49.1 Å². The lowest BCUT2D eigenvalue weighted by Gasteiger charge is -2.23. The summed E-state index contributed by atoms with van der Waals surface area (Å²) in [7, 11) is 0. The summed E-state index contributed by atoms with van der Waals surface area (Å²) in [5.74, 6) is 1.22. The highest BCUT2D eigenvalue weighted by Crippen LogP contribution is 2.36. The van der Waals surface area contributed by atoms with Gasteiger partial charge in [0.15, 0.2) is 6.61 Å². The van der Waals surface area contributed by atoms with E-state index in [0.717, 1.165) is 43.1 Å². The molecule has 2 aromatic rings. The number of benzene rings is 2. The number of hydrogen-bond donors (Lipinski definition) is 1. The van der Waals surface area contributed by atoms with Gasteiger partial charge in [-0.05, 0) is 61.4 Å². The maximum Gasteiger partial charge on any atom is 0.262 e. The standard InChI is InChI=1S/C24H29ClN2O2/c25-21-9-6-10-22(24(21)27-15-4-5-16-27)26-23(28)17-29-20-13-11-19(12-14-20)18-7-2-1-3-8-18/h6,9-14,18H,1-5,7-8,15-17H2,(H,26,28). The Morgan fingerprint density at radius 2 is 1.72 bits per heavy atom. The molecule has 4 rings (SSSR count). The zero-order valence-corrected chi connectivity index (χ0v) is 17.6. The van der Waals surface area contributed by atoms with E-state index in [9.17, 15) is 4.79 Å². The SMILES string of the molecule is O=C(COc1ccc(C2CCCCC2)cc1)Nc1cccc(Cl)c1N1CCCC1. The van der Waals surface area contributed by atoms with Crippen LogP contribution >= 0.6 is 11.6 Å². The second-order valence-electron chi connectivity index (χ2n) is 8.07. The minimum absolute atomic E-state index is 0.0191. The Morgan fingerprint density at radius 3 is 2.45 bits per heavy atom. The quantitative estimate of drug-likeness (QED) is 0.632. The van der Waals surface area contributed by atoms with Crippen LogP contribution in [0.5, 0.6) is 5.75 Å². The first-order chi connectivity index (χ1) is 14.2. The highest BCUT2D eigenvalue weighted by molar-refractivity contribution is 6.34. The van der Waals surface area contributed by atoms with Crippen LogP contribution in [0.15, 0.2) is 42.5 Å². The first-order valence-corrected chi connectivity index (χ1v) is 11.1. The second kappa shape index (κ2) is 9.53. The van der Waals surface area contributed by atoms with Crippen LogP contribution in [-0.2, 0) is 4.79 Å². The molecular formula is C24H29ClN2O2. The first-order valence-electron chi connectivity index (χ1n) is 10.8. The molecular weight excluding hydrogens is 384 g/mol. The number of nitrogens with zero attached hydrogens (tertiary/aromatic N) is 1. The van der Waals surface area contributed by atoms with Crippen LogP contribution in [-0.4, -0.2) is 25.6 Å². The van der Waals surface area contributed by atoms with Crippen molar-refractivity contribution in [2.24, 2.45) is 0 Å². The Kier molecular flexibility index (Phi) is 6.60. The maximum absolute atomic E-state index is 12.5.